The molecule has 0 aliphatic rings. The Hall–Kier alpha value is -11.3. The number of sulfonamides is 1. The molecule has 7 atom stereocenters. The lowest BCUT2D eigenvalue weighted by Gasteiger charge is -2.28. The molecule has 12 N–H and O–H groups in total. The van der Waals surface area contributed by atoms with E-state index in [-0.39, 0.29) is 118 Å². The number of aromatic amines is 4. The highest BCUT2D eigenvalue weighted by molar-refractivity contribution is 7.92. The fraction of sp³-hybridized carbons (Fsp3) is 0.510. The van der Waals surface area contributed by atoms with Crippen molar-refractivity contribution in [1.29, 1.82) is 0 Å². The Bertz CT molecular complexity index is 6580. The van der Waals surface area contributed by atoms with Gasteiger partial charge in [0.25, 0.3) is 50.3 Å². The van der Waals surface area contributed by atoms with Gasteiger partial charge in [0.15, 0.2) is 52.0 Å². The highest BCUT2D eigenvalue weighted by Gasteiger charge is 2.36. The molecule has 5 aromatic carbocycles. The van der Waals surface area contributed by atoms with Gasteiger partial charge in [-0.05, 0) is 143 Å². The number of aromatic nitrogens is 16. The summed E-state index contributed by atoms with van der Waals surface area (Å²) < 4.78 is 102. The van der Waals surface area contributed by atoms with Crippen LogP contribution in [0.1, 0.15) is 310 Å². The molecule has 7 unspecified atom stereocenters. The van der Waals surface area contributed by atoms with Crippen LogP contribution in [0.4, 0.5) is 5.69 Å². The van der Waals surface area contributed by atoms with Crippen molar-refractivity contribution in [3.8, 4) is 23.0 Å². The standard InChI is InChI=1S/C34H54N6O5.C24H29N5O4S2.C21H30ClN5O2S.C21H30N6O4S/c1-7-8-9-10-11-12-13-14-19-27(31(44)39(20-22-41)21-23-42)45-26-18-16-15-17-25(26)30(43)35-34(5,6)32-37-36-29-24-28(33(2,3)4)38-40(29)32;1-16-6-12-20(13-7-16)35(31,32)28-18-8-10-19(11-9-18)33-34(30)15-17(2)23-26-25-22-14-21(24(3,4)5)27-29(22)23;1-12-9-10-14(20(3,4)5)11-15(12)29-30(28)26-13(2)18-23-24-19-16(22)17(21(6,7)8)25-27(18)19;1-13-6-7-15(20(29)22-8-9-28)10-16(13)31-32(30)23-12-14(2)19-25-24-18-11-17(21(3,4)5)26-27(18)19/h15-18,24,27,38,41-42H,7-14,19-23H2,1-6H3,(H,35,43);6-14,17,27-28H,15H2,1-5H3;9-11,13,25-26H,1-8H3;6-7,10-11,14,23,26,28H,8-9,12H2,1-5H3,(H,22,29). The first-order chi connectivity index (χ1) is 66.7. The van der Waals surface area contributed by atoms with Crippen LogP contribution in [0, 0.1) is 20.8 Å². The largest absolute Gasteiger partial charge is 0.480 e. The van der Waals surface area contributed by atoms with Gasteiger partial charge in [-0.2, -0.15) is 13.1 Å². The third-order valence-electron chi connectivity index (χ3n) is 23.5. The minimum Gasteiger partial charge on any atom is -0.480 e. The van der Waals surface area contributed by atoms with E-state index in [0.717, 1.165) is 82.2 Å². The Labute approximate surface area is 844 Å². The zero-order chi connectivity index (χ0) is 104. The first kappa shape index (κ1) is 113. The molecular weight excluding hydrogens is 1910 g/mol. The lowest BCUT2D eigenvalue weighted by atomic mass is 9.86. The van der Waals surface area contributed by atoms with E-state index >= 15 is 0 Å². The van der Waals surface area contributed by atoms with Gasteiger partial charge in [-0.1, -0.05) is 229 Å². The molecule has 0 saturated carbocycles. The van der Waals surface area contributed by atoms with Gasteiger partial charge in [0, 0.05) is 106 Å². The fourth-order valence-corrected chi connectivity index (χ4v) is 18.9. The highest BCUT2D eigenvalue weighted by Crippen LogP contribution is 2.36. The molecular formula is C100H143ClN22O15S4. The minimum absolute atomic E-state index is 0.0290. The van der Waals surface area contributed by atoms with Gasteiger partial charge in [0.05, 0.1) is 53.3 Å². The molecule has 0 bridgehead atoms. The van der Waals surface area contributed by atoms with Crippen LogP contribution in [0.3, 0.4) is 0 Å². The predicted molar refractivity (Wildman–Crippen MR) is 555 cm³/mol. The number of anilines is 1. The number of nitrogens with zero attached hydrogens (tertiary/aromatic N) is 13. The van der Waals surface area contributed by atoms with Crippen LogP contribution in [-0.4, -0.2) is 196 Å². The number of para-hydroxylation sites is 1. The second kappa shape index (κ2) is 48.9. The number of benzene rings is 5. The van der Waals surface area contributed by atoms with Gasteiger partial charge in [-0.3, -0.25) is 39.5 Å². The molecule has 0 aliphatic carbocycles. The number of aliphatic hydroxyl groups excluding tert-OH is 3. The molecule has 0 fully saturated rings. The van der Waals surface area contributed by atoms with Crippen molar-refractivity contribution < 1.29 is 68.0 Å². The number of carbonyl (C=O) groups is 3. The Balaban J connectivity index is 0.000000197. The predicted octanol–water partition coefficient (Wildman–Crippen LogP) is 16.1. The second-order valence-corrected chi connectivity index (χ2v) is 46.2. The molecule has 0 aliphatic heterocycles. The van der Waals surface area contributed by atoms with Gasteiger partial charge in [-0.15, -0.1) is 40.8 Å². The van der Waals surface area contributed by atoms with Crippen LogP contribution in [0.2, 0.25) is 5.02 Å². The summed E-state index contributed by atoms with van der Waals surface area (Å²) in [6, 6.07) is 36.1. The van der Waals surface area contributed by atoms with E-state index in [1.807, 2.05) is 87.8 Å². The van der Waals surface area contributed by atoms with Crippen LogP contribution < -0.4 is 42.1 Å². The van der Waals surface area contributed by atoms with E-state index in [4.69, 9.17) is 34.0 Å². The molecule has 0 spiro atoms. The monoisotopic (exact) mass is 2050 g/mol. The van der Waals surface area contributed by atoms with E-state index < -0.39 is 61.3 Å². The number of H-pyrrole nitrogens is 4. The number of aliphatic hydroxyl groups is 3. The number of fused-ring (bicyclic) bond motifs is 4. The van der Waals surface area contributed by atoms with Crippen molar-refractivity contribution >= 4 is 101 Å². The molecule has 37 nitrogen and oxygen atoms in total. The second-order valence-electron chi connectivity index (χ2n) is 41.3. The van der Waals surface area contributed by atoms with Gasteiger partial charge in [-0.25, -0.2) is 35.4 Å². The summed E-state index contributed by atoms with van der Waals surface area (Å²) in [5.74, 6) is 3.00. The average molecular weight is 2060 g/mol. The van der Waals surface area contributed by atoms with Crippen molar-refractivity contribution in [1.82, 2.24) is 104 Å². The number of aryl methyl sites for hydroxylation is 3. The number of nitrogens with one attached hydrogen (secondary N) is 9. The number of unbranched alkanes of at least 4 members (excludes halogenated alkanes) is 7. The van der Waals surface area contributed by atoms with Gasteiger partial charge in [0.1, 0.15) is 28.0 Å². The van der Waals surface area contributed by atoms with Crippen LogP contribution in [0.15, 0.2) is 132 Å². The van der Waals surface area contributed by atoms with E-state index in [1.54, 1.807) is 101 Å². The zero-order valence-electron chi connectivity index (χ0n) is 86.0. The van der Waals surface area contributed by atoms with Crippen molar-refractivity contribution in [2.24, 2.45) is 0 Å². The molecule has 13 rings (SSSR count). The number of amides is 3. The smallest absolute Gasteiger partial charge is 0.288 e. The van der Waals surface area contributed by atoms with Crippen molar-refractivity contribution in [2.75, 3.05) is 56.5 Å². The van der Waals surface area contributed by atoms with E-state index in [0.29, 0.717) is 80.9 Å². The molecule has 42 heteroatoms. The average Bonchev–Trinajstić information content (AvgIpc) is 1.62. The maximum absolute atomic E-state index is 13.8. The van der Waals surface area contributed by atoms with E-state index in [9.17, 15) is 45.6 Å². The van der Waals surface area contributed by atoms with Gasteiger partial charge < -0.3 is 48.1 Å². The molecule has 13 aromatic rings. The maximum atomic E-state index is 13.8. The summed E-state index contributed by atoms with van der Waals surface area (Å²) in [5, 5.41) is 81.4. The summed E-state index contributed by atoms with van der Waals surface area (Å²) in [6.45, 7) is 48.9. The van der Waals surface area contributed by atoms with E-state index in [2.05, 4.69) is 203 Å². The maximum Gasteiger partial charge on any atom is 0.288 e. The zero-order valence-corrected chi connectivity index (χ0v) is 90.0. The summed E-state index contributed by atoms with van der Waals surface area (Å²) in [5.41, 5.74) is 10.1. The molecule has 3 amide bonds. The SMILES string of the molecule is CCCCCCCCCCC(Oc1ccccc1C(=O)NC(C)(C)c1nnc2cc(C(C)(C)C)[nH]n12)C(=O)N(CCO)CCO.Cc1ccc(C(=O)NCCO)cc1OS(=O)NCC(C)c1nnc2cc(C(C)(C)C)[nH]n12.Cc1ccc(C(C)(C)C)cc1OS(=O)NC(C)c1nnc2c(Cl)c(C(C)(C)C)[nH]n12.Cc1ccc(S(=O)(=O)Nc2ccc(OS(=O)CC(C)c3nnc4cc(C(C)(C)C)[nH]n34)cc2)cc1. The van der Waals surface area contributed by atoms with Crippen LogP contribution in [0.25, 0.3) is 22.6 Å². The summed E-state index contributed by atoms with van der Waals surface area (Å²) in [7, 11) is -3.70. The molecule has 8 aromatic heterocycles. The number of hydrogen-bond donors (Lipinski definition) is 12. The number of rotatable bonds is 41. The van der Waals surface area contributed by atoms with E-state index in [1.165, 1.54) is 36.6 Å². The highest BCUT2D eigenvalue weighted by atomic mass is 35.5. The third kappa shape index (κ3) is 30.4. The Morgan fingerprint density at radius 2 is 1.06 bits per heavy atom. The third-order valence-corrected chi connectivity index (χ3v) is 28.0. The first-order valence-corrected chi connectivity index (χ1v) is 53.1. The Kier molecular flexibility index (Phi) is 38.8. The Morgan fingerprint density at radius 3 is 1.62 bits per heavy atom. The molecule has 142 heavy (non-hydrogen) atoms. The fourth-order valence-electron chi connectivity index (χ4n) is 14.9. The van der Waals surface area contributed by atoms with Gasteiger partial charge in [0.2, 0.25) is 11.1 Å². The summed E-state index contributed by atoms with van der Waals surface area (Å²) >= 11 is 1.26. The number of carbonyl (C=O) groups excluding carboxylic acids is 3. The molecule has 0 radical (unpaired) electrons. The lowest BCUT2D eigenvalue weighted by Crippen LogP contribution is -2.45. The van der Waals surface area contributed by atoms with Crippen LogP contribution >= 0.6 is 11.6 Å². The van der Waals surface area contributed by atoms with Crippen LogP contribution in [0.5, 0.6) is 23.0 Å². The summed E-state index contributed by atoms with van der Waals surface area (Å²) in [4.78, 5) is 41.0. The molecule has 774 valence electrons. The quantitative estimate of drug-likeness (QED) is 0.0158. The Morgan fingerprint density at radius 1 is 0.528 bits per heavy atom. The molecule has 0 saturated heterocycles. The lowest BCUT2D eigenvalue weighted by molar-refractivity contribution is -0.140. The first-order valence-electron chi connectivity index (χ1n) is 47.9. The minimum atomic E-state index is -3.70. The van der Waals surface area contributed by atoms with Crippen LogP contribution in [-0.2, 0) is 81.0 Å². The normalized spacial score (nSPS) is 13.8. The molecule has 8 heterocycles. The number of ether oxygens (including phenoxy) is 1. The summed E-state index contributed by atoms with van der Waals surface area (Å²) in [6.07, 6.45) is 8.54. The number of hydrogen-bond acceptors (Lipinski definition) is 23. The van der Waals surface area contributed by atoms with Crippen molar-refractivity contribution in [3.05, 3.63) is 212 Å². The topological polar surface area (TPSA) is 481 Å². The van der Waals surface area contributed by atoms with Crippen molar-refractivity contribution in [2.45, 2.75) is 285 Å². The van der Waals surface area contributed by atoms with Gasteiger partial charge >= 0.3 is 0 Å². The van der Waals surface area contributed by atoms with Crippen molar-refractivity contribution in [3.63, 3.8) is 0 Å². The number of halogens is 1.